The first-order chi connectivity index (χ1) is 12.1. The van der Waals surface area contributed by atoms with Crippen LogP contribution in [0.2, 0.25) is 0 Å². The fraction of sp³-hybridized carbons (Fsp3) is 0.632. The van der Waals surface area contributed by atoms with Gasteiger partial charge in [0.1, 0.15) is 13.2 Å². The van der Waals surface area contributed by atoms with Gasteiger partial charge in [0.25, 0.3) is 0 Å². The van der Waals surface area contributed by atoms with E-state index in [0.29, 0.717) is 19.8 Å². The predicted octanol–water partition coefficient (Wildman–Crippen LogP) is 1.15. The molecule has 6 nitrogen and oxygen atoms in total. The SMILES string of the molecule is CC(C)(C(=O)NCCCN1CCNCC1)c1ccc2c(c1)OCCO2. The molecule has 0 unspecified atom stereocenters. The molecule has 0 bridgehead atoms. The lowest BCUT2D eigenvalue weighted by Crippen LogP contribution is -2.45. The summed E-state index contributed by atoms with van der Waals surface area (Å²) >= 11 is 0. The predicted molar refractivity (Wildman–Crippen MR) is 97.4 cm³/mol. The Morgan fingerprint density at radius 1 is 1.20 bits per heavy atom. The van der Waals surface area contributed by atoms with Gasteiger partial charge in [-0.15, -0.1) is 0 Å². The van der Waals surface area contributed by atoms with Crippen molar-refractivity contribution >= 4 is 5.91 Å². The molecule has 6 heteroatoms. The number of nitrogens with one attached hydrogen (secondary N) is 2. The molecule has 0 aliphatic carbocycles. The highest BCUT2D eigenvalue weighted by Gasteiger charge is 2.30. The topological polar surface area (TPSA) is 62.8 Å². The minimum absolute atomic E-state index is 0.0458. The molecule has 1 aromatic carbocycles. The van der Waals surface area contributed by atoms with Crippen LogP contribution in [0.25, 0.3) is 0 Å². The van der Waals surface area contributed by atoms with Gasteiger partial charge in [-0.1, -0.05) is 6.07 Å². The standard InChI is InChI=1S/C19H29N3O3/c1-19(2,15-4-5-16-17(14-15)25-13-12-24-16)18(23)21-6-3-9-22-10-7-20-8-11-22/h4-5,14,20H,3,6-13H2,1-2H3,(H,21,23). The van der Waals surface area contributed by atoms with Gasteiger partial charge in [0.15, 0.2) is 11.5 Å². The number of nitrogens with zero attached hydrogens (tertiary/aromatic N) is 1. The van der Waals surface area contributed by atoms with Crippen LogP contribution in [-0.2, 0) is 10.2 Å². The average Bonchev–Trinajstić information content (AvgIpc) is 2.65. The minimum atomic E-state index is -0.606. The van der Waals surface area contributed by atoms with Crippen molar-refractivity contribution in [2.75, 3.05) is 52.5 Å². The minimum Gasteiger partial charge on any atom is -0.486 e. The molecule has 1 amide bonds. The van der Waals surface area contributed by atoms with Gasteiger partial charge in [-0.25, -0.2) is 0 Å². The number of ether oxygens (including phenoxy) is 2. The van der Waals surface area contributed by atoms with Crippen molar-refractivity contribution in [2.45, 2.75) is 25.7 Å². The first kappa shape index (κ1) is 18.0. The first-order valence-corrected chi connectivity index (χ1v) is 9.19. The molecule has 0 atom stereocenters. The number of amides is 1. The van der Waals surface area contributed by atoms with Crippen LogP contribution in [0.15, 0.2) is 18.2 Å². The maximum absolute atomic E-state index is 12.7. The Labute approximate surface area is 149 Å². The summed E-state index contributed by atoms with van der Waals surface area (Å²) in [4.78, 5) is 15.1. The molecule has 1 saturated heterocycles. The summed E-state index contributed by atoms with van der Waals surface area (Å²) in [5.74, 6) is 1.52. The second kappa shape index (κ2) is 8.06. The number of hydrogen-bond acceptors (Lipinski definition) is 5. The molecule has 2 heterocycles. The third-order valence-corrected chi connectivity index (χ3v) is 4.98. The summed E-state index contributed by atoms with van der Waals surface area (Å²) < 4.78 is 11.2. The molecular formula is C19H29N3O3. The highest BCUT2D eigenvalue weighted by molar-refractivity contribution is 5.87. The summed E-state index contributed by atoms with van der Waals surface area (Å²) in [5.41, 5.74) is 0.335. The normalized spacial score (nSPS) is 18.0. The molecule has 0 aromatic heterocycles. The zero-order chi connectivity index (χ0) is 17.7. The maximum Gasteiger partial charge on any atom is 0.230 e. The molecule has 0 saturated carbocycles. The lowest BCUT2D eigenvalue weighted by Gasteiger charge is -2.28. The Hall–Kier alpha value is -1.79. The molecule has 1 fully saturated rings. The van der Waals surface area contributed by atoms with Crippen LogP contribution in [0, 0.1) is 0 Å². The van der Waals surface area contributed by atoms with Gasteiger partial charge < -0.3 is 25.0 Å². The number of hydrogen-bond donors (Lipinski definition) is 2. The highest BCUT2D eigenvalue weighted by Crippen LogP contribution is 2.35. The van der Waals surface area contributed by atoms with Gasteiger partial charge >= 0.3 is 0 Å². The molecular weight excluding hydrogens is 318 g/mol. The van der Waals surface area contributed by atoms with Gasteiger partial charge in [-0.05, 0) is 44.5 Å². The van der Waals surface area contributed by atoms with E-state index in [2.05, 4.69) is 15.5 Å². The molecule has 2 N–H and O–H groups in total. The molecule has 25 heavy (non-hydrogen) atoms. The smallest absolute Gasteiger partial charge is 0.230 e. The number of rotatable bonds is 6. The van der Waals surface area contributed by atoms with Gasteiger partial charge in [0, 0.05) is 32.7 Å². The van der Waals surface area contributed by atoms with Crippen LogP contribution in [0.3, 0.4) is 0 Å². The largest absolute Gasteiger partial charge is 0.486 e. The molecule has 0 radical (unpaired) electrons. The number of carbonyl (C=O) groups excluding carboxylic acids is 1. The fourth-order valence-electron chi connectivity index (χ4n) is 3.22. The van der Waals surface area contributed by atoms with E-state index in [1.807, 2.05) is 32.0 Å². The molecule has 2 aliphatic heterocycles. The van der Waals surface area contributed by atoms with Crippen LogP contribution in [0.4, 0.5) is 0 Å². The van der Waals surface area contributed by atoms with Crippen molar-refractivity contribution in [3.8, 4) is 11.5 Å². The van der Waals surface area contributed by atoms with Crippen LogP contribution >= 0.6 is 0 Å². The van der Waals surface area contributed by atoms with E-state index in [0.717, 1.165) is 56.2 Å². The maximum atomic E-state index is 12.7. The van der Waals surface area contributed by atoms with E-state index < -0.39 is 5.41 Å². The summed E-state index contributed by atoms with van der Waals surface area (Å²) in [6, 6.07) is 5.77. The van der Waals surface area contributed by atoms with E-state index in [1.54, 1.807) is 0 Å². The number of piperazine rings is 1. The third-order valence-electron chi connectivity index (χ3n) is 4.98. The zero-order valence-corrected chi connectivity index (χ0v) is 15.3. The Morgan fingerprint density at radius 2 is 1.92 bits per heavy atom. The van der Waals surface area contributed by atoms with Gasteiger partial charge in [0.2, 0.25) is 5.91 Å². The number of fused-ring (bicyclic) bond motifs is 1. The Kier molecular flexibility index (Phi) is 5.81. The third kappa shape index (κ3) is 4.44. The van der Waals surface area contributed by atoms with E-state index >= 15 is 0 Å². The molecule has 0 spiro atoms. The average molecular weight is 347 g/mol. The van der Waals surface area contributed by atoms with Crippen molar-refractivity contribution < 1.29 is 14.3 Å². The highest BCUT2D eigenvalue weighted by atomic mass is 16.6. The first-order valence-electron chi connectivity index (χ1n) is 9.19. The van der Waals surface area contributed by atoms with Crippen LogP contribution in [0.5, 0.6) is 11.5 Å². The van der Waals surface area contributed by atoms with E-state index in [4.69, 9.17) is 9.47 Å². The van der Waals surface area contributed by atoms with Gasteiger partial charge in [0.05, 0.1) is 5.41 Å². The summed E-state index contributed by atoms with van der Waals surface area (Å²) in [6.07, 6.45) is 0.975. The van der Waals surface area contributed by atoms with Crippen molar-refractivity contribution in [2.24, 2.45) is 0 Å². The quantitative estimate of drug-likeness (QED) is 0.756. The van der Waals surface area contributed by atoms with Crippen molar-refractivity contribution in [3.05, 3.63) is 23.8 Å². The second-order valence-electron chi connectivity index (χ2n) is 7.18. The Bertz CT molecular complexity index is 598. The van der Waals surface area contributed by atoms with Gasteiger partial charge in [-0.2, -0.15) is 0 Å². The van der Waals surface area contributed by atoms with Crippen molar-refractivity contribution in [3.63, 3.8) is 0 Å². The zero-order valence-electron chi connectivity index (χ0n) is 15.3. The Balaban J connectivity index is 1.51. The van der Waals surface area contributed by atoms with E-state index in [-0.39, 0.29) is 5.91 Å². The second-order valence-corrected chi connectivity index (χ2v) is 7.18. The monoisotopic (exact) mass is 347 g/mol. The summed E-state index contributed by atoms with van der Waals surface area (Å²) in [7, 11) is 0. The molecule has 1 aromatic rings. The molecule has 2 aliphatic rings. The summed E-state index contributed by atoms with van der Waals surface area (Å²) in [5, 5.41) is 6.44. The van der Waals surface area contributed by atoms with E-state index in [1.165, 1.54) is 0 Å². The van der Waals surface area contributed by atoms with Crippen LogP contribution in [-0.4, -0.2) is 63.3 Å². The van der Waals surface area contributed by atoms with E-state index in [9.17, 15) is 4.79 Å². The van der Waals surface area contributed by atoms with Crippen molar-refractivity contribution in [1.82, 2.24) is 15.5 Å². The molecule has 138 valence electrons. The summed E-state index contributed by atoms with van der Waals surface area (Å²) in [6.45, 7) is 11.1. The number of carbonyl (C=O) groups is 1. The molecule has 3 rings (SSSR count). The van der Waals surface area contributed by atoms with Crippen LogP contribution in [0.1, 0.15) is 25.8 Å². The van der Waals surface area contributed by atoms with Crippen LogP contribution < -0.4 is 20.1 Å². The lowest BCUT2D eigenvalue weighted by molar-refractivity contribution is -0.125. The van der Waals surface area contributed by atoms with Gasteiger partial charge in [-0.3, -0.25) is 4.79 Å². The fourth-order valence-corrected chi connectivity index (χ4v) is 3.22. The van der Waals surface area contributed by atoms with Crippen molar-refractivity contribution in [1.29, 1.82) is 0 Å². The number of benzene rings is 1. The lowest BCUT2D eigenvalue weighted by atomic mass is 9.83. The Morgan fingerprint density at radius 3 is 2.68 bits per heavy atom.